The molecule has 7 N–H and O–H groups in total. The van der Waals surface area contributed by atoms with Crippen LogP contribution in [0, 0.1) is 0 Å². The number of carboxylic acids is 2. The third kappa shape index (κ3) is 6.83. The molecule has 12 nitrogen and oxygen atoms in total. The Kier molecular flexibility index (Phi) is 8.62. The fourth-order valence-corrected chi connectivity index (χ4v) is 2.66. The van der Waals surface area contributed by atoms with Gasteiger partial charge in [-0.2, -0.15) is 0 Å². The average molecular weight is 388 g/mol. The molecule has 0 aliphatic carbocycles. The van der Waals surface area contributed by atoms with Crippen molar-refractivity contribution in [2.24, 2.45) is 5.73 Å². The molecule has 3 atom stereocenters. The quantitative estimate of drug-likeness (QED) is 0.223. The highest BCUT2D eigenvalue weighted by atomic mass is 16.4. The van der Waals surface area contributed by atoms with Crippen LogP contribution in [0.4, 0.5) is 0 Å². The number of nitrogens with zero attached hydrogens (tertiary/aromatic N) is 1. The highest BCUT2D eigenvalue weighted by Crippen LogP contribution is 2.18. The molecule has 0 radical (unpaired) electrons. The molecule has 1 aliphatic heterocycles. The Labute approximate surface area is 154 Å². The molecule has 0 aromatic carbocycles. The van der Waals surface area contributed by atoms with Crippen LogP contribution < -0.4 is 16.4 Å². The Morgan fingerprint density at radius 2 is 1.81 bits per heavy atom. The summed E-state index contributed by atoms with van der Waals surface area (Å²) < 4.78 is 0. The van der Waals surface area contributed by atoms with Gasteiger partial charge in [-0.15, -0.1) is 0 Å². The van der Waals surface area contributed by atoms with Gasteiger partial charge in [0.05, 0.1) is 12.6 Å². The summed E-state index contributed by atoms with van der Waals surface area (Å²) in [5, 5.41) is 31.1. The fourth-order valence-electron chi connectivity index (χ4n) is 2.66. The molecule has 27 heavy (non-hydrogen) atoms. The van der Waals surface area contributed by atoms with E-state index in [4.69, 9.17) is 15.9 Å². The molecule has 1 fully saturated rings. The number of nitrogens with one attached hydrogen (secondary N) is 2. The number of aliphatic hydroxyl groups excluding tert-OH is 1. The Bertz CT molecular complexity index is 596. The molecule has 1 saturated heterocycles. The molecule has 0 spiro atoms. The van der Waals surface area contributed by atoms with Crippen molar-refractivity contribution >= 4 is 29.7 Å². The molecule has 0 bridgehead atoms. The SMILES string of the molecule is NC(CCC(=O)O)C(=O)NC(CO)C(=O)N1CCCC1C(=O)NCC(=O)O. The molecular weight excluding hydrogens is 364 g/mol. The van der Waals surface area contributed by atoms with Gasteiger partial charge < -0.3 is 36.6 Å². The van der Waals surface area contributed by atoms with Gasteiger partial charge in [0, 0.05) is 13.0 Å². The second-order valence-corrected chi connectivity index (χ2v) is 6.08. The molecular formula is C15H24N4O8. The van der Waals surface area contributed by atoms with E-state index in [0.29, 0.717) is 12.8 Å². The molecule has 152 valence electrons. The number of rotatable bonds is 10. The largest absolute Gasteiger partial charge is 0.481 e. The van der Waals surface area contributed by atoms with Gasteiger partial charge in [0.25, 0.3) is 0 Å². The Morgan fingerprint density at radius 3 is 2.37 bits per heavy atom. The van der Waals surface area contributed by atoms with E-state index >= 15 is 0 Å². The molecule has 0 aromatic rings. The van der Waals surface area contributed by atoms with Crippen LogP contribution in [0.1, 0.15) is 25.7 Å². The van der Waals surface area contributed by atoms with Crippen LogP contribution >= 0.6 is 0 Å². The minimum Gasteiger partial charge on any atom is -0.481 e. The van der Waals surface area contributed by atoms with Crippen LogP contribution in [0.25, 0.3) is 0 Å². The average Bonchev–Trinajstić information content (AvgIpc) is 3.10. The summed E-state index contributed by atoms with van der Waals surface area (Å²) in [5.41, 5.74) is 5.56. The minimum absolute atomic E-state index is 0.141. The number of likely N-dealkylation sites (tertiary alicyclic amines) is 1. The zero-order valence-corrected chi connectivity index (χ0v) is 14.6. The van der Waals surface area contributed by atoms with Crippen molar-refractivity contribution in [3.05, 3.63) is 0 Å². The third-order valence-electron chi connectivity index (χ3n) is 4.06. The van der Waals surface area contributed by atoms with Gasteiger partial charge in [-0.05, 0) is 19.3 Å². The second kappa shape index (κ2) is 10.4. The van der Waals surface area contributed by atoms with E-state index in [1.54, 1.807) is 0 Å². The van der Waals surface area contributed by atoms with E-state index in [2.05, 4.69) is 10.6 Å². The fraction of sp³-hybridized carbons (Fsp3) is 0.667. The molecule has 3 unspecified atom stereocenters. The van der Waals surface area contributed by atoms with Gasteiger partial charge >= 0.3 is 11.9 Å². The van der Waals surface area contributed by atoms with E-state index in [0.717, 1.165) is 0 Å². The van der Waals surface area contributed by atoms with E-state index in [1.807, 2.05) is 0 Å². The smallest absolute Gasteiger partial charge is 0.322 e. The first kappa shape index (κ1) is 22.3. The van der Waals surface area contributed by atoms with Crippen LogP contribution in [0.15, 0.2) is 0 Å². The second-order valence-electron chi connectivity index (χ2n) is 6.08. The summed E-state index contributed by atoms with van der Waals surface area (Å²) in [6.45, 7) is -1.12. The van der Waals surface area contributed by atoms with Gasteiger partial charge in [-0.1, -0.05) is 0 Å². The summed E-state index contributed by atoms with van der Waals surface area (Å²) in [6.07, 6.45) is 0.351. The van der Waals surface area contributed by atoms with Crippen molar-refractivity contribution in [1.29, 1.82) is 0 Å². The van der Waals surface area contributed by atoms with Gasteiger partial charge in [0.2, 0.25) is 17.7 Å². The predicted molar refractivity (Wildman–Crippen MR) is 89.2 cm³/mol. The molecule has 0 aromatic heterocycles. The van der Waals surface area contributed by atoms with E-state index in [9.17, 15) is 29.1 Å². The van der Waals surface area contributed by atoms with Gasteiger partial charge in [0.15, 0.2) is 0 Å². The lowest BCUT2D eigenvalue weighted by Gasteiger charge is -2.28. The normalized spacial score (nSPS) is 18.4. The minimum atomic E-state index is -1.35. The highest BCUT2D eigenvalue weighted by Gasteiger charge is 2.37. The lowest BCUT2D eigenvalue weighted by atomic mass is 10.1. The van der Waals surface area contributed by atoms with Crippen LogP contribution in [0.5, 0.6) is 0 Å². The summed E-state index contributed by atoms with van der Waals surface area (Å²) in [5.74, 6) is -4.49. The predicted octanol–water partition coefficient (Wildman–Crippen LogP) is -3.15. The Hall–Kier alpha value is -2.73. The molecule has 1 heterocycles. The van der Waals surface area contributed by atoms with Crippen LogP contribution in [-0.2, 0) is 24.0 Å². The number of carbonyl (C=O) groups excluding carboxylic acids is 3. The molecule has 1 aliphatic rings. The number of hydrogen-bond donors (Lipinski definition) is 6. The number of carboxylic acid groups (broad SMARTS) is 2. The van der Waals surface area contributed by atoms with Crippen molar-refractivity contribution in [1.82, 2.24) is 15.5 Å². The third-order valence-corrected chi connectivity index (χ3v) is 4.06. The monoisotopic (exact) mass is 388 g/mol. The maximum Gasteiger partial charge on any atom is 0.322 e. The van der Waals surface area contributed by atoms with E-state index in [-0.39, 0.29) is 19.4 Å². The van der Waals surface area contributed by atoms with Crippen molar-refractivity contribution in [3.8, 4) is 0 Å². The van der Waals surface area contributed by atoms with Crippen molar-refractivity contribution in [3.63, 3.8) is 0 Å². The number of amides is 3. The maximum atomic E-state index is 12.6. The first-order valence-corrected chi connectivity index (χ1v) is 8.36. The summed E-state index contributed by atoms with van der Waals surface area (Å²) in [4.78, 5) is 58.8. The molecule has 1 rings (SSSR count). The van der Waals surface area contributed by atoms with Crippen LogP contribution in [0.3, 0.4) is 0 Å². The molecule has 3 amide bonds. The van der Waals surface area contributed by atoms with Gasteiger partial charge in [-0.3, -0.25) is 24.0 Å². The van der Waals surface area contributed by atoms with Gasteiger partial charge in [0.1, 0.15) is 18.6 Å². The topological polar surface area (TPSA) is 199 Å². The summed E-state index contributed by atoms with van der Waals surface area (Å²) in [7, 11) is 0. The number of hydrogen-bond acceptors (Lipinski definition) is 7. The number of aliphatic carboxylic acids is 2. The first-order chi connectivity index (χ1) is 12.7. The van der Waals surface area contributed by atoms with Crippen LogP contribution in [0.2, 0.25) is 0 Å². The van der Waals surface area contributed by atoms with E-state index < -0.39 is 60.9 Å². The summed E-state index contributed by atoms with van der Waals surface area (Å²) >= 11 is 0. The zero-order valence-electron chi connectivity index (χ0n) is 14.6. The summed E-state index contributed by atoms with van der Waals surface area (Å²) in [6, 6.07) is -3.42. The first-order valence-electron chi connectivity index (χ1n) is 8.36. The number of aliphatic hydroxyl groups is 1. The lowest BCUT2D eigenvalue weighted by Crippen LogP contribution is -2.57. The zero-order chi connectivity index (χ0) is 20.6. The number of carbonyl (C=O) groups is 5. The lowest BCUT2D eigenvalue weighted by molar-refractivity contribution is -0.143. The Balaban J connectivity index is 2.69. The van der Waals surface area contributed by atoms with E-state index in [1.165, 1.54) is 4.90 Å². The number of nitrogens with two attached hydrogens (primary N) is 1. The van der Waals surface area contributed by atoms with Gasteiger partial charge in [-0.25, -0.2) is 0 Å². The van der Waals surface area contributed by atoms with Crippen molar-refractivity contribution in [2.75, 3.05) is 19.7 Å². The van der Waals surface area contributed by atoms with Crippen LogP contribution in [-0.4, -0.2) is 87.7 Å². The standard InChI is InChI=1S/C15H24N4O8/c16-8(3-4-11(21)22)13(25)18-9(7-20)15(27)19-5-1-2-10(19)14(26)17-6-12(23)24/h8-10,20H,1-7,16H2,(H,17,26)(H,18,25)(H,21,22)(H,23,24). The molecule has 12 heteroatoms. The highest BCUT2D eigenvalue weighted by molar-refractivity contribution is 5.94. The Morgan fingerprint density at radius 1 is 1.15 bits per heavy atom. The van der Waals surface area contributed by atoms with Crippen molar-refractivity contribution in [2.45, 2.75) is 43.8 Å². The maximum absolute atomic E-state index is 12.6. The molecule has 0 saturated carbocycles. The van der Waals surface area contributed by atoms with Crippen molar-refractivity contribution < 1.29 is 39.3 Å².